The number of aromatic amines is 2. The third-order valence-electron chi connectivity index (χ3n) is 4.44. The lowest BCUT2D eigenvalue weighted by molar-refractivity contribution is -0.124. The van der Waals surface area contributed by atoms with Gasteiger partial charge in [-0.05, 0) is 37.1 Å². The number of amides is 2. The molecule has 0 atom stereocenters. The molecule has 0 unspecified atom stereocenters. The highest BCUT2D eigenvalue weighted by atomic mass is 16.5. The van der Waals surface area contributed by atoms with Crippen LogP contribution in [0, 0.1) is 0 Å². The second kappa shape index (κ2) is 9.55. The van der Waals surface area contributed by atoms with Crippen molar-refractivity contribution < 1.29 is 14.3 Å². The van der Waals surface area contributed by atoms with Crippen molar-refractivity contribution in [3.63, 3.8) is 0 Å². The van der Waals surface area contributed by atoms with Crippen LogP contribution in [0.2, 0.25) is 0 Å². The minimum Gasteiger partial charge on any atom is -0.494 e. The van der Waals surface area contributed by atoms with Crippen molar-refractivity contribution in [1.29, 1.82) is 0 Å². The van der Waals surface area contributed by atoms with Crippen LogP contribution >= 0.6 is 0 Å². The Labute approximate surface area is 171 Å². The number of aryl methyl sites for hydroxylation is 1. The summed E-state index contributed by atoms with van der Waals surface area (Å²) >= 11 is 0. The van der Waals surface area contributed by atoms with E-state index in [1.165, 1.54) is 12.1 Å². The van der Waals surface area contributed by atoms with E-state index in [-0.39, 0.29) is 35.3 Å². The van der Waals surface area contributed by atoms with Gasteiger partial charge in [-0.3, -0.25) is 29.4 Å². The van der Waals surface area contributed by atoms with Crippen molar-refractivity contribution in [3.05, 3.63) is 68.7 Å². The Kier molecular flexibility index (Phi) is 6.63. The number of para-hydroxylation sites is 1. The molecule has 30 heavy (non-hydrogen) atoms. The quantitative estimate of drug-likeness (QED) is 0.444. The summed E-state index contributed by atoms with van der Waals surface area (Å²) in [5.41, 5.74) is 0.114. The summed E-state index contributed by atoms with van der Waals surface area (Å²) < 4.78 is 5.54. The molecule has 4 N–H and O–H groups in total. The first-order valence-electron chi connectivity index (χ1n) is 9.50. The largest absolute Gasteiger partial charge is 0.494 e. The SMILES string of the molecule is CCOc1ccccc1CCC(=O)NCC(=O)Nc1cccc2c(=O)[nH][nH]c(=O)c12. The van der Waals surface area contributed by atoms with Gasteiger partial charge in [0.2, 0.25) is 11.8 Å². The number of benzene rings is 2. The smallest absolute Gasteiger partial charge is 0.272 e. The average molecular weight is 410 g/mol. The molecule has 9 heteroatoms. The predicted octanol–water partition coefficient (Wildman–Crippen LogP) is 1.30. The molecule has 0 fully saturated rings. The number of aromatic nitrogens is 2. The van der Waals surface area contributed by atoms with Crippen molar-refractivity contribution in [2.75, 3.05) is 18.5 Å². The molecule has 0 saturated heterocycles. The number of hydrogen-bond donors (Lipinski definition) is 4. The second-order valence-electron chi connectivity index (χ2n) is 6.50. The minimum absolute atomic E-state index is 0.0773. The number of nitrogens with one attached hydrogen (secondary N) is 4. The van der Waals surface area contributed by atoms with Gasteiger partial charge in [-0.25, -0.2) is 0 Å². The highest BCUT2D eigenvalue weighted by molar-refractivity contribution is 6.02. The second-order valence-corrected chi connectivity index (χ2v) is 6.50. The molecule has 2 amide bonds. The molecule has 0 aliphatic heterocycles. The Morgan fingerprint density at radius 1 is 0.967 bits per heavy atom. The van der Waals surface area contributed by atoms with E-state index in [9.17, 15) is 19.2 Å². The van der Waals surface area contributed by atoms with Gasteiger partial charge in [-0.15, -0.1) is 0 Å². The Bertz CT molecular complexity index is 1180. The number of carbonyl (C=O) groups is 2. The van der Waals surface area contributed by atoms with Gasteiger partial charge in [0.1, 0.15) is 5.75 Å². The lowest BCUT2D eigenvalue weighted by Gasteiger charge is -2.10. The van der Waals surface area contributed by atoms with Crippen molar-refractivity contribution in [2.24, 2.45) is 0 Å². The summed E-state index contributed by atoms with van der Waals surface area (Å²) in [7, 11) is 0. The van der Waals surface area contributed by atoms with Crippen LogP contribution in [0.3, 0.4) is 0 Å². The molecule has 9 nitrogen and oxygen atoms in total. The first-order chi connectivity index (χ1) is 14.5. The summed E-state index contributed by atoms with van der Waals surface area (Å²) in [5.74, 6) is -0.0596. The molecule has 0 radical (unpaired) electrons. The molecular weight excluding hydrogens is 388 g/mol. The van der Waals surface area contributed by atoms with E-state index >= 15 is 0 Å². The molecule has 0 aliphatic rings. The van der Waals surface area contributed by atoms with Gasteiger partial charge in [0, 0.05) is 6.42 Å². The van der Waals surface area contributed by atoms with Gasteiger partial charge in [-0.2, -0.15) is 0 Å². The Balaban J connectivity index is 1.57. The molecule has 1 heterocycles. The molecule has 2 aromatic carbocycles. The Morgan fingerprint density at radius 3 is 2.53 bits per heavy atom. The Hall–Kier alpha value is -3.88. The molecule has 0 spiro atoms. The van der Waals surface area contributed by atoms with E-state index in [0.29, 0.717) is 13.0 Å². The van der Waals surface area contributed by atoms with Gasteiger partial charge in [0.15, 0.2) is 0 Å². The number of ether oxygens (including phenoxy) is 1. The zero-order chi connectivity index (χ0) is 21.5. The minimum atomic E-state index is -0.530. The van der Waals surface area contributed by atoms with Gasteiger partial charge in [0.25, 0.3) is 11.1 Å². The standard InChI is InChI=1S/C21H22N4O5/c1-2-30-16-9-4-3-6-13(16)10-11-17(26)22-12-18(27)23-15-8-5-7-14-19(15)21(29)25-24-20(14)28/h3-9H,2,10-12H2,1H3,(H,22,26)(H,23,27)(H,24,28)(H,25,29). The number of carbonyl (C=O) groups excluding carboxylic acids is 2. The maximum Gasteiger partial charge on any atom is 0.272 e. The maximum absolute atomic E-state index is 12.2. The normalized spacial score (nSPS) is 10.6. The van der Waals surface area contributed by atoms with Crippen LogP contribution in [0.4, 0.5) is 5.69 Å². The highest BCUT2D eigenvalue weighted by Gasteiger charge is 2.12. The van der Waals surface area contributed by atoms with Crippen LogP contribution < -0.4 is 26.5 Å². The molecule has 0 saturated carbocycles. The fourth-order valence-corrected chi connectivity index (χ4v) is 3.05. The topological polar surface area (TPSA) is 133 Å². The van der Waals surface area contributed by atoms with Crippen molar-refractivity contribution >= 4 is 28.3 Å². The summed E-state index contributed by atoms with van der Waals surface area (Å²) in [6, 6.07) is 12.0. The van der Waals surface area contributed by atoms with E-state index in [0.717, 1.165) is 11.3 Å². The maximum atomic E-state index is 12.2. The zero-order valence-corrected chi connectivity index (χ0v) is 16.4. The van der Waals surface area contributed by atoms with Crippen LogP contribution in [-0.4, -0.2) is 35.2 Å². The number of hydrogen-bond acceptors (Lipinski definition) is 5. The third-order valence-corrected chi connectivity index (χ3v) is 4.44. The zero-order valence-electron chi connectivity index (χ0n) is 16.4. The highest BCUT2D eigenvalue weighted by Crippen LogP contribution is 2.19. The first-order valence-corrected chi connectivity index (χ1v) is 9.50. The number of rotatable bonds is 8. The molecule has 156 valence electrons. The van der Waals surface area contributed by atoms with Crippen LogP contribution in [-0.2, 0) is 16.0 Å². The van der Waals surface area contributed by atoms with Crippen molar-refractivity contribution in [2.45, 2.75) is 19.8 Å². The molecular formula is C21H22N4O5. The van der Waals surface area contributed by atoms with Crippen LogP contribution in [0.25, 0.3) is 10.8 Å². The van der Waals surface area contributed by atoms with Crippen molar-refractivity contribution in [1.82, 2.24) is 15.5 Å². The molecule has 0 aliphatic carbocycles. The monoisotopic (exact) mass is 410 g/mol. The third kappa shape index (κ3) is 4.93. The summed E-state index contributed by atoms with van der Waals surface area (Å²) in [5, 5.41) is 9.81. The van der Waals surface area contributed by atoms with E-state index < -0.39 is 17.0 Å². The van der Waals surface area contributed by atoms with E-state index in [1.807, 2.05) is 31.2 Å². The van der Waals surface area contributed by atoms with Gasteiger partial charge >= 0.3 is 0 Å². The molecule has 0 bridgehead atoms. The van der Waals surface area contributed by atoms with E-state index in [2.05, 4.69) is 20.8 Å². The number of H-pyrrole nitrogens is 2. The van der Waals surface area contributed by atoms with Crippen LogP contribution in [0.1, 0.15) is 18.9 Å². The Morgan fingerprint density at radius 2 is 1.73 bits per heavy atom. The molecule has 1 aromatic heterocycles. The number of fused-ring (bicyclic) bond motifs is 1. The molecule has 3 rings (SSSR count). The molecule has 3 aromatic rings. The fraction of sp³-hybridized carbons (Fsp3) is 0.238. The van der Waals surface area contributed by atoms with E-state index in [4.69, 9.17) is 4.74 Å². The first kappa shape index (κ1) is 20.8. The number of anilines is 1. The summed E-state index contributed by atoms with van der Waals surface area (Å²) in [6.07, 6.45) is 0.672. The van der Waals surface area contributed by atoms with Crippen molar-refractivity contribution in [3.8, 4) is 5.75 Å². The fourth-order valence-electron chi connectivity index (χ4n) is 3.05. The average Bonchev–Trinajstić information content (AvgIpc) is 2.74. The van der Waals surface area contributed by atoms with Gasteiger partial charge in [0.05, 0.1) is 29.6 Å². The van der Waals surface area contributed by atoms with Crippen LogP contribution in [0.5, 0.6) is 5.75 Å². The van der Waals surface area contributed by atoms with E-state index in [1.54, 1.807) is 6.07 Å². The van der Waals surface area contributed by atoms with Crippen LogP contribution in [0.15, 0.2) is 52.1 Å². The lowest BCUT2D eigenvalue weighted by Crippen LogP contribution is -2.33. The van der Waals surface area contributed by atoms with Gasteiger partial charge < -0.3 is 15.4 Å². The summed E-state index contributed by atoms with van der Waals surface area (Å²) in [4.78, 5) is 48.2. The summed E-state index contributed by atoms with van der Waals surface area (Å²) in [6.45, 7) is 2.16. The van der Waals surface area contributed by atoms with Gasteiger partial charge in [-0.1, -0.05) is 24.3 Å². The lowest BCUT2D eigenvalue weighted by atomic mass is 10.1. The predicted molar refractivity (Wildman–Crippen MR) is 113 cm³/mol.